The SMILES string of the molecule is Nc1cc2ccccc2nc1[C@@H]1CCCN(C(=O)CCN2CCCC2)C1. The zero-order valence-electron chi connectivity index (χ0n) is 15.4. The average molecular weight is 352 g/mol. The van der Waals surface area contributed by atoms with Gasteiger partial charge in [0.1, 0.15) is 0 Å². The molecule has 0 aliphatic carbocycles. The molecule has 4 rings (SSSR count). The van der Waals surface area contributed by atoms with Crippen LogP contribution in [-0.2, 0) is 4.79 Å². The average Bonchev–Trinajstić information content (AvgIpc) is 3.19. The van der Waals surface area contributed by atoms with E-state index in [1.807, 2.05) is 35.2 Å². The Morgan fingerprint density at radius 2 is 1.96 bits per heavy atom. The summed E-state index contributed by atoms with van der Waals surface area (Å²) in [5.74, 6) is 0.519. The number of nitrogens with zero attached hydrogens (tertiary/aromatic N) is 3. The van der Waals surface area contributed by atoms with Crippen LogP contribution < -0.4 is 5.73 Å². The molecule has 0 radical (unpaired) electrons. The van der Waals surface area contributed by atoms with Crippen LogP contribution in [0.4, 0.5) is 5.69 Å². The van der Waals surface area contributed by atoms with E-state index in [1.54, 1.807) is 0 Å². The van der Waals surface area contributed by atoms with Gasteiger partial charge in [0.15, 0.2) is 0 Å². The quantitative estimate of drug-likeness (QED) is 0.919. The Labute approximate surface area is 155 Å². The number of aromatic nitrogens is 1. The maximum atomic E-state index is 12.7. The van der Waals surface area contributed by atoms with Gasteiger partial charge >= 0.3 is 0 Å². The fourth-order valence-corrected chi connectivity index (χ4v) is 4.32. The molecule has 1 atom stereocenters. The first-order valence-corrected chi connectivity index (χ1v) is 9.86. The maximum Gasteiger partial charge on any atom is 0.223 e. The number of hydrogen-bond acceptors (Lipinski definition) is 4. The fraction of sp³-hybridized carbons (Fsp3) is 0.524. The summed E-state index contributed by atoms with van der Waals surface area (Å²) in [6.45, 7) is 4.80. The van der Waals surface area contributed by atoms with E-state index in [0.29, 0.717) is 6.42 Å². The van der Waals surface area contributed by atoms with Gasteiger partial charge in [-0.25, -0.2) is 0 Å². The Balaban J connectivity index is 1.44. The van der Waals surface area contributed by atoms with Crippen LogP contribution in [0.3, 0.4) is 0 Å². The Morgan fingerprint density at radius 3 is 2.81 bits per heavy atom. The summed E-state index contributed by atoms with van der Waals surface area (Å²) in [5, 5.41) is 1.07. The first-order chi connectivity index (χ1) is 12.7. The van der Waals surface area contributed by atoms with E-state index >= 15 is 0 Å². The van der Waals surface area contributed by atoms with Crippen LogP contribution in [0.25, 0.3) is 10.9 Å². The number of para-hydroxylation sites is 1. The standard InChI is InChI=1S/C21H28N4O/c22-18-14-16-6-1-2-8-19(16)23-21(18)17-7-5-12-25(15-17)20(26)9-13-24-10-3-4-11-24/h1-2,6,8,14,17H,3-5,7,9-13,15,22H2/t17-/m1/s1. The van der Waals surface area contributed by atoms with Gasteiger partial charge in [0, 0.05) is 37.4 Å². The van der Waals surface area contributed by atoms with Crippen LogP contribution in [0.15, 0.2) is 30.3 Å². The van der Waals surface area contributed by atoms with Gasteiger partial charge in [0.05, 0.1) is 16.9 Å². The summed E-state index contributed by atoms with van der Waals surface area (Å²) < 4.78 is 0. The minimum atomic E-state index is 0.240. The van der Waals surface area contributed by atoms with E-state index in [0.717, 1.165) is 67.8 Å². The second-order valence-electron chi connectivity index (χ2n) is 7.63. The summed E-state index contributed by atoms with van der Waals surface area (Å²) in [7, 11) is 0. The molecule has 2 aliphatic rings. The molecular weight excluding hydrogens is 324 g/mol. The van der Waals surface area contributed by atoms with E-state index in [4.69, 9.17) is 10.7 Å². The molecule has 5 nitrogen and oxygen atoms in total. The molecule has 0 bridgehead atoms. The molecule has 2 fully saturated rings. The van der Waals surface area contributed by atoms with Crippen molar-refractivity contribution in [1.82, 2.24) is 14.8 Å². The molecule has 138 valence electrons. The molecular formula is C21H28N4O. The van der Waals surface area contributed by atoms with Gasteiger partial charge in [0.25, 0.3) is 0 Å². The van der Waals surface area contributed by atoms with E-state index in [1.165, 1.54) is 12.8 Å². The lowest BCUT2D eigenvalue weighted by molar-refractivity contribution is -0.132. The Bertz CT molecular complexity index is 785. The third-order valence-corrected chi connectivity index (χ3v) is 5.79. The van der Waals surface area contributed by atoms with Crippen LogP contribution in [0, 0.1) is 0 Å². The van der Waals surface area contributed by atoms with Crippen LogP contribution in [0.2, 0.25) is 0 Å². The maximum absolute atomic E-state index is 12.7. The Morgan fingerprint density at radius 1 is 1.15 bits per heavy atom. The molecule has 5 heteroatoms. The predicted molar refractivity (Wildman–Crippen MR) is 105 cm³/mol. The molecule has 3 heterocycles. The fourth-order valence-electron chi connectivity index (χ4n) is 4.32. The molecule has 1 amide bonds. The van der Waals surface area contributed by atoms with Crippen molar-refractivity contribution in [1.29, 1.82) is 0 Å². The number of likely N-dealkylation sites (tertiary alicyclic amines) is 2. The number of nitrogen functional groups attached to an aromatic ring is 1. The number of rotatable bonds is 4. The number of pyridine rings is 1. The van der Waals surface area contributed by atoms with Crippen LogP contribution >= 0.6 is 0 Å². The van der Waals surface area contributed by atoms with Crippen LogP contribution in [0.1, 0.15) is 43.7 Å². The van der Waals surface area contributed by atoms with Crippen molar-refractivity contribution in [3.05, 3.63) is 36.0 Å². The lowest BCUT2D eigenvalue weighted by Gasteiger charge is -2.33. The Kier molecular flexibility index (Phi) is 5.07. The summed E-state index contributed by atoms with van der Waals surface area (Å²) in [6.07, 6.45) is 5.24. The third kappa shape index (κ3) is 3.68. The minimum Gasteiger partial charge on any atom is -0.397 e. The first-order valence-electron chi connectivity index (χ1n) is 9.86. The number of amides is 1. The number of benzene rings is 1. The topological polar surface area (TPSA) is 62.5 Å². The molecule has 1 aromatic heterocycles. The van der Waals surface area contributed by atoms with Gasteiger partial charge in [-0.15, -0.1) is 0 Å². The highest BCUT2D eigenvalue weighted by Crippen LogP contribution is 2.31. The molecule has 2 aliphatic heterocycles. The zero-order valence-corrected chi connectivity index (χ0v) is 15.4. The van der Waals surface area contributed by atoms with Crippen molar-refractivity contribution in [2.45, 2.75) is 38.0 Å². The van der Waals surface area contributed by atoms with Crippen molar-refractivity contribution in [2.24, 2.45) is 0 Å². The second kappa shape index (κ2) is 7.62. The van der Waals surface area contributed by atoms with Crippen molar-refractivity contribution in [2.75, 3.05) is 38.5 Å². The van der Waals surface area contributed by atoms with Crippen LogP contribution in [0.5, 0.6) is 0 Å². The van der Waals surface area contributed by atoms with E-state index in [2.05, 4.69) is 4.90 Å². The molecule has 0 unspecified atom stereocenters. The molecule has 2 N–H and O–H groups in total. The largest absolute Gasteiger partial charge is 0.397 e. The van der Waals surface area contributed by atoms with Gasteiger partial charge in [0.2, 0.25) is 5.91 Å². The smallest absolute Gasteiger partial charge is 0.223 e. The van der Waals surface area contributed by atoms with Gasteiger partial charge < -0.3 is 15.5 Å². The van der Waals surface area contributed by atoms with Gasteiger partial charge in [-0.05, 0) is 50.9 Å². The van der Waals surface area contributed by atoms with Crippen molar-refractivity contribution in [3.63, 3.8) is 0 Å². The molecule has 26 heavy (non-hydrogen) atoms. The first kappa shape index (κ1) is 17.3. The summed E-state index contributed by atoms with van der Waals surface area (Å²) in [4.78, 5) is 21.9. The Hall–Kier alpha value is -2.14. The van der Waals surface area contributed by atoms with Crippen molar-refractivity contribution in [3.8, 4) is 0 Å². The number of anilines is 1. The summed E-state index contributed by atoms with van der Waals surface area (Å²) >= 11 is 0. The summed E-state index contributed by atoms with van der Waals surface area (Å²) in [6, 6.07) is 10.1. The number of hydrogen-bond donors (Lipinski definition) is 1. The number of piperidine rings is 1. The highest BCUT2D eigenvalue weighted by atomic mass is 16.2. The van der Waals surface area contributed by atoms with E-state index in [-0.39, 0.29) is 11.8 Å². The van der Waals surface area contributed by atoms with Gasteiger partial charge in [-0.1, -0.05) is 18.2 Å². The van der Waals surface area contributed by atoms with Crippen molar-refractivity contribution < 1.29 is 4.79 Å². The number of carbonyl (C=O) groups excluding carboxylic acids is 1. The highest BCUT2D eigenvalue weighted by Gasteiger charge is 2.27. The molecule has 2 aromatic rings. The molecule has 1 aromatic carbocycles. The van der Waals surface area contributed by atoms with E-state index < -0.39 is 0 Å². The molecule has 0 spiro atoms. The van der Waals surface area contributed by atoms with Crippen LogP contribution in [-0.4, -0.2) is 53.4 Å². The number of nitrogens with two attached hydrogens (primary N) is 1. The monoisotopic (exact) mass is 352 g/mol. The minimum absolute atomic E-state index is 0.240. The third-order valence-electron chi connectivity index (χ3n) is 5.79. The number of fused-ring (bicyclic) bond motifs is 1. The number of carbonyl (C=O) groups is 1. The van der Waals surface area contributed by atoms with Gasteiger partial charge in [-0.2, -0.15) is 0 Å². The van der Waals surface area contributed by atoms with Gasteiger partial charge in [-0.3, -0.25) is 9.78 Å². The molecule has 0 saturated carbocycles. The normalized spacial score (nSPS) is 21.4. The zero-order chi connectivity index (χ0) is 17.9. The van der Waals surface area contributed by atoms with E-state index in [9.17, 15) is 4.79 Å². The van der Waals surface area contributed by atoms with Crippen molar-refractivity contribution >= 4 is 22.5 Å². The predicted octanol–water partition coefficient (Wildman–Crippen LogP) is 3.01. The lowest BCUT2D eigenvalue weighted by Crippen LogP contribution is -2.40. The lowest BCUT2D eigenvalue weighted by atomic mass is 9.92. The molecule has 2 saturated heterocycles. The summed E-state index contributed by atoms with van der Waals surface area (Å²) in [5.41, 5.74) is 9.00. The highest BCUT2D eigenvalue weighted by molar-refractivity contribution is 5.82. The second-order valence-corrected chi connectivity index (χ2v) is 7.63.